The number of carboxylic acid groups (broad SMARTS) is 1. The van der Waals surface area contributed by atoms with E-state index in [9.17, 15) is 9.90 Å². The van der Waals surface area contributed by atoms with Crippen LogP contribution in [0.4, 0.5) is 0 Å². The fourth-order valence-electron chi connectivity index (χ4n) is 4.38. The molecule has 0 aliphatic heterocycles. The zero-order valence-electron chi connectivity index (χ0n) is 20.2. The Labute approximate surface area is 201 Å². The number of aliphatic carboxylic acids is 1. The van der Waals surface area contributed by atoms with E-state index in [0.717, 1.165) is 39.0 Å². The molecule has 0 aliphatic carbocycles. The summed E-state index contributed by atoms with van der Waals surface area (Å²) in [5.41, 5.74) is 5.30. The quantitative estimate of drug-likeness (QED) is 0.292. The third kappa shape index (κ3) is 5.14. The molecule has 1 N–H and O–H groups in total. The van der Waals surface area contributed by atoms with E-state index in [1.807, 2.05) is 42.5 Å². The van der Waals surface area contributed by atoms with Gasteiger partial charge < -0.3 is 9.84 Å². The van der Waals surface area contributed by atoms with E-state index in [2.05, 4.69) is 62.7 Å². The first-order valence-electron chi connectivity index (χ1n) is 11.8. The van der Waals surface area contributed by atoms with E-state index in [1.54, 1.807) is 0 Å². The van der Waals surface area contributed by atoms with E-state index >= 15 is 0 Å². The van der Waals surface area contributed by atoms with E-state index in [-0.39, 0.29) is 24.3 Å². The molecule has 34 heavy (non-hydrogen) atoms. The summed E-state index contributed by atoms with van der Waals surface area (Å²) in [5, 5.41) is 15.3. The first-order chi connectivity index (χ1) is 16.3. The lowest BCUT2D eigenvalue weighted by Gasteiger charge is -2.19. The number of fused-ring (bicyclic) bond motifs is 1. The van der Waals surface area contributed by atoms with Crippen molar-refractivity contribution in [1.82, 2.24) is 9.78 Å². The second-order valence-electron chi connectivity index (χ2n) is 9.41. The Kier molecular flexibility index (Phi) is 7.01. The molecule has 3 aromatic carbocycles. The Hall–Kier alpha value is -3.60. The van der Waals surface area contributed by atoms with Gasteiger partial charge in [0.2, 0.25) is 0 Å². The molecule has 4 rings (SSSR count). The lowest BCUT2D eigenvalue weighted by Crippen LogP contribution is -2.12. The number of hydrogen-bond donors (Lipinski definition) is 1. The first kappa shape index (κ1) is 23.6. The van der Waals surface area contributed by atoms with Gasteiger partial charge in [0, 0.05) is 17.0 Å². The van der Waals surface area contributed by atoms with Crippen molar-refractivity contribution in [3.63, 3.8) is 0 Å². The molecule has 176 valence electrons. The van der Waals surface area contributed by atoms with Crippen LogP contribution in [-0.2, 0) is 11.4 Å². The van der Waals surface area contributed by atoms with Gasteiger partial charge in [-0.2, -0.15) is 5.10 Å². The molecule has 5 heteroatoms. The number of aromatic nitrogens is 2. The van der Waals surface area contributed by atoms with Crippen LogP contribution >= 0.6 is 0 Å². The zero-order valence-corrected chi connectivity index (χ0v) is 20.2. The van der Waals surface area contributed by atoms with Crippen molar-refractivity contribution in [2.75, 3.05) is 0 Å². The molecule has 0 radical (unpaired) electrons. The second kappa shape index (κ2) is 10.1. The van der Waals surface area contributed by atoms with Gasteiger partial charge in [-0.05, 0) is 55.0 Å². The number of benzene rings is 3. The SMILES string of the molecule is CC(C)C(CC(=O)O)c1ccc(OCc2ccc3c(-c4ccccc4)nn(C(C)C)c3c2)cc1. The van der Waals surface area contributed by atoms with Crippen LogP contribution in [0.3, 0.4) is 0 Å². The highest BCUT2D eigenvalue weighted by molar-refractivity contribution is 5.93. The molecule has 5 nitrogen and oxygen atoms in total. The Bertz CT molecular complexity index is 1260. The maximum atomic E-state index is 11.2. The predicted octanol–water partition coefficient (Wildman–Crippen LogP) is 7.08. The molecule has 0 aliphatic rings. The maximum Gasteiger partial charge on any atom is 0.303 e. The minimum Gasteiger partial charge on any atom is -0.489 e. The van der Waals surface area contributed by atoms with E-state index in [4.69, 9.17) is 9.84 Å². The molecule has 1 heterocycles. The monoisotopic (exact) mass is 456 g/mol. The highest BCUT2D eigenvalue weighted by Crippen LogP contribution is 2.32. The number of hydrogen-bond acceptors (Lipinski definition) is 3. The molecule has 1 atom stereocenters. The lowest BCUT2D eigenvalue weighted by molar-refractivity contribution is -0.137. The highest BCUT2D eigenvalue weighted by atomic mass is 16.5. The molecule has 0 bridgehead atoms. The Morgan fingerprint density at radius 1 is 0.971 bits per heavy atom. The topological polar surface area (TPSA) is 64.3 Å². The van der Waals surface area contributed by atoms with Crippen molar-refractivity contribution < 1.29 is 14.6 Å². The van der Waals surface area contributed by atoms with Gasteiger partial charge in [-0.25, -0.2) is 0 Å². The third-order valence-electron chi connectivity index (χ3n) is 6.22. The number of rotatable bonds is 9. The number of nitrogens with zero attached hydrogens (tertiary/aromatic N) is 2. The molecule has 0 saturated heterocycles. The van der Waals surface area contributed by atoms with Crippen molar-refractivity contribution in [3.8, 4) is 17.0 Å². The van der Waals surface area contributed by atoms with Crippen LogP contribution in [0.25, 0.3) is 22.2 Å². The average molecular weight is 457 g/mol. The molecule has 4 aromatic rings. The summed E-state index contributed by atoms with van der Waals surface area (Å²) in [4.78, 5) is 11.2. The summed E-state index contributed by atoms with van der Waals surface area (Å²) in [7, 11) is 0. The van der Waals surface area contributed by atoms with Crippen molar-refractivity contribution in [2.24, 2.45) is 5.92 Å². The molecule has 0 spiro atoms. The first-order valence-corrected chi connectivity index (χ1v) is 11.8. The van der Waals surface area contributed by atoms with Crippen molar-refractivity contribution in [1.29, 1.82) is 0 Å². The van der Waals surface area contributed by atoms with Gasteiger partial charge in [0.1, 0.15) is 18.1 Å². The van der Waals surface area contributed by atoms with Gasteiger partial charge in [-0.3, -0.25) is 9.48 Å². The fourth-order valence-corrected chi connectivity index (χ4v) is 4.38. The molecule has 1 unspecified atom stereocenters. The standard InChI is InChI=1S/C29H32N2O3/c1-19(2)26(17-28(32)33)22-11-13-24(14-12-22)34-18-21-10-15-25-27(16-21)31(20(3)4)30-29(25)23-8-6-5-7-9-23/h5-16,19-20,26H,17-18H2,1-4H3,(H,32,33). The molecule has 0 fully saturated rings. The summed E-state index contributed by atoms with van der Waals surface area (Å²) < 4.78 is 8.14. The Balaban J connectivity index is 1.54. The van der Waals surface area contributed by atoms with Crippen LogP contribution in [0, 0.1) is 5.92 Å². The third-order valence-corrected chi connectivity index (χ3v) is 6.22. The van der Waals surface area contributed by atoms with Gasteiger partial charge in [-0.1, -0.05) is 68.4 Å². The Morgan fingerprint density at radius 2 is 1.68 bits per heavy atom. The predicted molar refractivity (Wildman–Crippen MR) is 136 cm³/mol. The summed E-state index contributed by atoms with van der Waals surface area (Å²) in [5.74, 6) is 0.236. The van der Waals surface area contributed by atoms with Gasteiger partial charge in [0.15, 0.2) is 0 Å². The van der Waals surface area contributed by atoms with Crippen molar-refractivity contribution in [2.45, 2.75) is 52.7 Å². The summed E-state index contributed by atoms with van der Waals surface area (Å²) in [6.45, 7) is 8.84. The summed E-state index contributed by atoms with van der Waals surface area (Å²) >= 11 is 0. The van der Waals surface area contributed by atoms with E-state index < -0.39 is 5.97 Å². The van der Waals surface area contributed by atoms with Gasteiger partial charge >= 0.3 is 5.97 Å². The minimum absolute atomic E-state index is 0.0101. The van der Waals surface area contributed by atoms with Crippen molar-refractivity contribution >= 4 is 16.9 Å². The smallest absolute Gasteiger partial charge is 0.303 e. The van der Waals surface area contributed by atoms with E-state index in [1.165, 1.54) is 0 Å². The molecule has 1 aromatic heterocycles. The Morgan fingerprint density at radius 3 is 2.29 bits per heavy atom. The van der Waals surface area contributed by atoms with Crippen LogP contribution in [-0.4, -0.2) is 20.9 Å². The maximum absolute atomic E-state index is 11.2. The van der Waals surface area contributed by atoms with Gasteiger partial charge in [0.05, 0.1) is 11.9 Å². The van der Waals surface area contributed by atoms with Gasteiger partial charge in [-0.15, -0.1) is 0 Å². The fraction of sp³-hybridized carbons (Fsp3) is 0.310. The molecule has 0 amide bonds. The summed E-state index contributed by atoms with van der Waals surface area (Å²) in [6.07, 6.45) is 0.131. The van der Waals surface area contributed by atoms with Crippen LogP contribution < -0.4 is 4.74 Å². The van der Waals surface area contributed by atoms with Crippen LogP contribution in [0.15, 0.2) is 72.8 Å². The normalized spacial score (nSPS) is 12.4. The highest BCUT2D eigenvalue weighted by Gasteiger charge is 2.19. The van der Waals surface area contributed by atoms with Gasteiger partial charge in [0.25, 0.3) is 0 Å². The largest absolute Gasteiger partial charge is 0.489 e. The summed E-state index contributed by atoms with van der Waals surface area (Å²) in [6, 6.07) is 24.7. The van der Waals surface area contributed by atoms with E-state index in [0.29, 0.717) is 6.61 Å². The van der Waals surface area contributed by atoms with Crippen LogP contribution in [0.2, 0.25) is 0 Å². The number of carboxylic acids is 1. The minimum atomic E-state index is -0.773. The number of carbonyl (C=O) groups is 1. The molecule has 0 saturated carbocycles. The zero-order chi connectivity index (χ0) is 24.2. The second-order valence-corrected chi connectivity index (χ2v) is 9.41. The molecular formula is C29H32N2O3. The van der Waals surface area contributed by atoms with Crippen molar-refractivity contribution in [3.05, 3.63) is 83.9 Å². The lowest BCUT2D eigenvalue weighted by atomic mass is 9.86. The van der Waals surface area contributed by atoms with Crippen LogP contribution in [0.1, 0.15) is 57.2 Å². The van der Waals surface area contributed by atoms with Crippen LogP contribution in [0.5, 0.6) is 5.75 Å². The molecular weight excluding hydrogens is 424 g/mol. The number of ether oxygens (including phenoxy) is 1. The average Bonchev–Trinajstić information content (AvgIpc) is 3.21.